The molecule has 0 spiro atoms. The molecule has 0 aromatic carbocycles. The summed E-state index contributed by atoms with van der Waals surface area (Å²) in [6.07, 6.45) is 4.93. The van der Waals surface area contributed by atoms with Gasteiger partial charge < -0.3 is 9.80 Å². The molecule has 0 N–H and O–H groups in total. The average molecular weight is 398 g/mol. The van der Waals surface area contributed by atoms with Crippen molar-refractivity contribution in [2.75, 3.05) is 36.0 Å². The minimum Gasteiger partial charge on any atom is -0.353 e. The number of halogens is 1. The van der Waals surface area contributed by atoms with Crippen molar-refractivity contribution >= 4 is 17.3 Å². The summed E-state index contributed by atoms with van der Waals surface area (Å²) < 4.78 is 16.5. The summed E-state index contributed by atoms with van der Waals surface area (Å²) in [4.78, 5) is 17.2. The minimum atomic E-state index is -0.295. The first-order valence-electron chi connectivity index (χ1n) is 10.2. The van der Waals surface area contributed by atoms with E-state index in [9.17, 15) is 4.39 Å². The summed E-state index contributed by atoms with van der Waals surface area (Å²) in [7, 11) is 0. The van der Waals surface area contributed by atoms with Crippen molar-refractivity contribution in [3.8, 4) is 0 Å². The fourth-order valence-corrected chi connectivity index (χ4v) is 3.62. The molecule has 0 amide bonds. The van der Waals surface area contributed by atoms with Crippen LogP contribution in [0.4, 0.5) is 16.0 Å². The van der Waals surface area contributed by atoms with Crippen LogP contribution in [0.5, 0.6) is 0 Å². The van der Waals surface area contributed by atoms with E-state index in [0.717, 1.165) is 43.2 Å². The summed E-state index contributed by atoms with van der Waals surface area (Å²) in [5.41, 5.74) is 2.33. The summed E-state index contributed by atoms with van der Waals surface area (Å²) in [6, 6.07) is 4.03. The van der Waals surface area contributed by atoms with Gasteiger partial charge in [0.15, 0.2) is 17.3 Å². The average Bonchev–Trinajstić information content (AvgIpc) is 2.99. The third-order valence-corrected chi connectivity index (χ3v) is 5.37. The molecule has 0 unspecified atom stereocenters. The molecule has 0 aliphatic carbocycles. The number of aryl methyl sites for hydroxylation is 1. The Morgan fingerprint density at radius 3 is 2.55 bits per heavy atom. The van der Waals surface area contributed by atoms with Crippen molar-refractivity contribution in [1.29, 1.82) is 0 Å². The van der Waals surface area contributed by atoms with E-state index in [0.29, 0.717) is 24.5 Å². The highest BCUT2D eigenvalue weighted by molar-refractivity contribution is 5.48. The van der Waals surface area contributed by atoms with Crippen molar-refractivity contribution in [2.24, 2.45) is 0 Å². The van der Waals surface area contributed by atoms with Crippen LogP contribution in [0.3, 0.4) is 0 Å². The van der Waals surface area contributed by atoms with E-state index in [-0.39, 0.29) is 11.2 Å². The lowest BCUT2D eigenvalue weighted by Gasteiger charge is -2.23. The van der Waals surface area contributed by atoms with E-state index in [1.807, 2.05) is 34.7 Å². The lowest BCUT2D eigenvalue weighted by atomic mass is 9.93. The highest BCUT2D eigenvalue weighted by Crippen LogP contribution is 2.24. The number of hydrogen-bond acceptors (Lipinski definition) is 6. The Bertz CT molecular complexity index is 1010. The molecule has 0 atom stereocenters. The lowest BCUT2D eigenvalue weighted by molar-refractivity contribution is 0.572. The Morgan fingerprint density at radius 1 is 1.03 bits per heavy atom. The van der Waals surface area contributed by atoms with Gasteiger partial charge in [0.25, 0.3) is 0 Å². The summed E-state index contributed by atoms with van der Waals surface area (Å²) in [6.45, 7) is 11.4. The number of hydrogen-bond donors (Lipinski definition) is 0. The van der Waals surface area contributed by atoms with E-state index >= 15 is 0 Å². The molecular formula is C21H28FN7. The first-order chi connectivity index (χ1) is 13.9. The zero-order valence-electron chi connectivity index (χ0n) is 17.6. The van der Waals surface area contributed by atoms with Gasteiger partial charge in [-0.25, -0.2) is 23.9 Å². The number of nitrogens with zero attached hydrogens (tertiary/aromatic N) is 7. The van der Waals surface area contributed by atoms with Crippen LogP contribution in [0.1, 0.15) is 45.5 Å². The third kappa shape index (κ3) is 3.88. The standard InChI is InChI=1S/C21H28FN7/c1-5-15-19(22)20(24-14-23-15)28-10-6-9-27(11-12-28)18-8-7-17-25-16(21(2,3)4)13-29(17)26-18/h7-8,13-14H,5-6,9-12H2,1-4H3. The zero-order chi connectivity index (χ0) is 20.6. The van der Waals surface area contributed by atoms with Gasteiger partial charge in [-0.15, -0.1) is 5.10 Å². The fraction of sp³-hybridized carbons (Fsp3) is 0.524. The summed E-state index contributed by atoms with van der Waals surface area (Å²) >= 11 is 0. The molecule has 1 fully saturated rings. The lowest BCUT2D eigenvalue weighted by Crippen LogP contribution is -2.32. The molecule has 4 heterocycles. The monoisotopic (exact) mass is 397 g/mol. The van der Waals surface area contributed by atoms with Crippen LogP contribution in [0.15, 0.2) is 24.7 Å². The van der Waals surface area contributed by atoms with Crippen LogP contribution >= 0.6 is 0 Å². The molecule has 3 aromatic heterocycles. The van der Waals surface area contributed by atoms with Crippen LogP contribution in [0.25, 0.3) is 5.65 Å². The molecule has 1 aliphatic heterocycles. The zero-order valence-corrected chi connectivity index (χ0v) is 17.6. The molecule has 1 saturated heterocycles. The molecule has 154 valence electrons. The molecule has 7 nitrogen and oxygen atoms in total. The summed E-state index contributed by atoms with van der Waals surface area (Å²) in [5, 5.41) is 4.78. The molecule has 1 aliphatic rings. The summed E-state index contributed by atoms with van der Waals surface area (Å²) in [5.74, 6) is 1.03. The van der Waals surface area contributed by atoms with Crippen LogP contribution in [-0.4, -0.2) is 50.7 Å². The van der Waals surface area contributed by atoms with Crippen LogP contribution in [0.2, 0.25) is 0 Å². The van der Waals surface area contributed by atoms with E-state index in [2.05, 4.69) is 40.6 Å². The Hall–Kier alpha value is -2.77. The van der Waals surface area contributed by atoms with Crippen molar-refractivity contribution in [2.45, 2.75) is 46.0 Å². The van der Waals surface area contributed by atoms with Crippen LogP contribution in [0, 0.1) is 5.82 Å². The Labute approximate surface area is 170 Å². The third-order valence-electron chi connectivity index (χ3n) is 5.37. The maximum absolute atomic E-state index is 14.7. The van der Waals surface area contributed by atoms with E-state index in [4.69, 9.17) is 5.10 Å². The van der Waals surface area contributed by atoms with E-state index < -0.39 is 0 Å². The first-order valence-corrected chi connectivity index (χ1v) is 10.2. The van der Waals surface area contributed by atoms with Gasteiger partial charge in [-0.1, -0.05) is 27.7 Å². The normalized spacial score (nSPS) is 15.8. The number of aromatic nitrogens is 5. The van der Waals surface area contributed by atoms with Crippen LogP contribution < -0.4 is 9.80 Å². The van der Waals surface area contributed by atoms with Gasteiger partial charge in [0.2, 0.25) is 0 Å². The largest absolute Gasteiger partial charge is 0.353 e. The molecule has 0 saturated carbocycles. The fourth-order valence-electron chi connectivity index (χ4n) is 3.62. The van der Waals surface area contributed by atoms with Crippen molar-refractivity contribution in [1.82, 2.24) is 24.6 Å². The second-order valence-corrected chi connectivity index (χ2v) is 8.51. The van der Waals surface area contributed by atoms with Gasteiger partial charge in [-0.3, -0.25) is 0 Å². The van der Waals surface area contributed by atoms with Gasteiger partial charge >= 0.3 is 0 Å². The van der Waals surface area contributed by atoms with Gasteiger partial charge in [-0.2, -0.15) is 0 Å². The van der Waals surface area contributed by atoms with Crippen molar-refractivity contribution in [3.05, 3.63) is 41.9 Å². The number of imidazole rings is 1. The molecule has 0 radical (unpaired) electrons. The highest BCUT2D eigenvalue weighted by Gasteiger charge is 2.22. The minimum absolute atomic E-state index is 0.0179. The quantitative estimate of drug-likeness (QED) is 0.676. The molecule has 8 heteroatoms. The van der Waals surface area contributed by atoms with E-state index in [1.165, 1.54) is 6.33 Å². The smallest absolute Gasteiger partial charge is 0.187 e. The predicted octanol–water partition coefficient (Wildman–Crippen LogP) is 3.24. The SMILES string of the molecule is CCc1ncnc(N2CCCN(c3ccc4nc(C(C)(C)C)cn4n3)CC2)c1F. The number of rotatable bonds is 3. The Balaban J connectivity index is 1.54. The molecule has 3 aromatic rings. The first kappa shape index (κ1) is 19.5. The second kappa shape index (κ2) is 7.57. The van der Waals surface area contributed by atoms with Gasteiger partial charge in [-0.05, 0) is 25.0 Å². The molecule has 0 bridgehead atoms. The molecule has 4 rings (SSSR count). The van der Waals surface area contributed by atoms with Gasteiger partial charge in [0, 0.05) is 31.6 Å². The maximum atomic E-state index is 14.7. The highest BCUT2D eigenvalue weighted by atomic mass is 19.1. The van der Waals surface area contributed by atoms with Crippen molar-refractivity contribution in [3.63, 3.8) is 0 Å². The second-order valence-electron chi connectivity index (χ2n) is 8.51. The number of fused-ring (bicyclic) bond motifs is 1. The van der Waals surface area contributed by atoms with Crippen LogP contribution in [-0.2, 0) is 11.8 Å². The predicted molar refractivity (Wildman–Crippen MR) is 112 cm³/mol. The number of anilines is 2. The topological polar surface area (TPSA) is 62.5 Å². The van der Waals surface area contributed by atoms with Gasteiger partial charge in [0.05, 0.1) is 17.6 Å². The maximum Gasteiger partial charge on any atom is 0.187 e. The van der Waals surface area contributed by atoms with Gasteiger partial charge in [0.1, 0.15) is 12.1 Å². The molecule has 29 heavy (non-hydrogen) atoms. The Kier molecular flexibility index (Phi) is 5.10. The molecular weight excluding hydrogens is 369 g/mol. The van der Waals surface area contributed by atoms with Crippen molar-refractivity contribution < 1.29 is 4.39 Å². The van der Waals surface area contributed by atoms with E-state index in [1.54, 1.807) is 0 Å². The Morgan fingerprint density at radius 2 is 1.79 bits per heavy atom.